The summed E-state index contributed by atoms with van der Waals surface area (Å²) >= 11 is 0. The molecule has 0 saturated carbocycles. The maximum absolute atomic E-state index is 11.5. The molecule has 0 aromatic heterocycles. The number of Topliss-reactive ketones (excluding diaryl/α,β-unsaturated/α-hetero) is 1. The minimum atomic E-state index is -0.230. The molecule has 0 heterocycles. The van der Waals surface area contributed by atoms with Crippen LogP contribution in [0.4, 0.5) is 0 Å². The molecule has 3 nitrogen and oxygen atoms in total. The number of nitrogens with two attached hydrogens (primary N) is 1. The standard InChI is InChI=1S/C13H19NO2/c1-4-13(2,3)9-5-6-11(15)10(7-9)12(16)8-14/h5-7,15H,4,8,14H2,1-3H3. The molecule has 0 fully saturated rings. The average molecular weight is 221 g/mol. The van der Waals surface area contributed by atoms with Gasteiger partial charge in [-0.3, -0.25) is 4.79 Å². The summed E-state index contributed by atoms with van der Waals surface area (Å²) in [7, 11) is 0. The van der Waals surface area contributed by atoms with Crippen molar-refractivity contribution in [2.24, 2.45) is 5.73 Å². The molecule has 0 aliphatic heterocycles. The first-order chi connectivity index (χ1) is 7.42. The van der Waals surface area contributed by atoms with Gasteiger partial charge in [0.05, 0.1) is 12.1 Å². The topological polar surface area (TPSA) is 63.3 Å². The Labute approximate surface area is 96.3 Å². The van der Waals surface area contributed by atoms with Crippen LogP contribution >= 0.6 is 0 Å². The second-order valence-electron chi connectivity index (χ2n) is 4.60. The number of aromatic hydroxyl groups is 1. The molecule has 0 atom stereocenters. The van der Waals surface area contributed by atoms with Crippen molar-refractivity contribution in [3.8, 4) is 5.75 Å². The molecule has 0 amide bonds. The van der Waals surface area contributed by atoms with Crippen molar-refractivity contribution >= 4 is 5.78 Å². The Bertz CT molecular complexity index is 397. The lowest BCUT2D eigenvalue weighted by molar-refractivity contribution is 0.0998. The fourth-order valence-electron chi connectivity index (χ4n) is 1.49. The zero-order valence-corrected chi connectivity index (χ0v) is 10.1. The van der Waals surface area contributed by atoms with Gasteiger partial charge in [0.2, 0.25) is 0 Å². The fraction of sp³-hybridized carbons (Fsp3) is 0.462. The molecule has 3 N–H and O–H groups in total. The van der Waals surface area contributed by atoms with Crippen LogP contribution in [0.1, 0.15) is 43.1 Å². The predicted molar refractivity (Wildman–Crippen MR) is 64.8 cm³/mol. The SMILES string of the molecule is CCC(C)(C)c1ccc(O)c(C(=O)CN)c1. The van der Waals surface area contributed by atoms with Gasteiger partial charge in [0.15, 0.2) is 5.78 Å². The normalized spacial score (nSPS) is 11.5. The van der Waals surface area contributed by atoms with E-state index in [0.717, 1.165) is 12.0 Å². The van der Waals surface area contributed by atoms with E-state index in [1.807, 2.05) is 6.07 Å². The quantitative estimate of drug-likeness (QED) is 0.766. The van der Waals surface area contributed by atoms with Crippen LogP contribution in [0.2, 0.25) is 0 Å². The number of benzene rings is 1. The van der Waals surface area contributed by atoms with Crippen molar-refractivity contribution in [3.05, 3.63) is 29.3 Å². The maximum Gasteiger partial charge on any atom is 0.180 e. The molecule has 0 saturated heterocycles. The van der Waals surface area contributed by atoms with Crippen molar-refractivity contribution in [1.29, 1.82) is 0 Å². The molecule has 0 unspecified atom stereocenters. The number of carbonyl (C=O) groups is 1. The highest BCUT2D eigenvalue weighted by atomic mass is 16.3. The van der Waals surface area contributed by atoms with E-state index in [-0.39, 0.29) is 23.5 Å². The van der Waals surface area contributed by atoms with Gasteiger partial charge < -0.3 is 10.8 Å². The Hall–Kier alpha value is -1.35. The summed E-state index contributed by atoms with van der Waals surface area (Å²) in [6.45, 7) is 6.23. The molecular formula is C13H19NO2. The molecule has 0 aliphatic carbocycles. The first-order valence-corrected chi connectivity index (χ1v) is 5.49. The molecule has 16 heavy (non-hydrogen) atoms. The van der Waals surface area contributed by atoms with Crippen molar-refractivity contribution in [2.75, 3.05) is 6.54 Å². The molecule has 0 spiro atoms. The van der Waals surface area contributed by atoms with Gasteiger partial charge in [-0.2, -0.15) is 0 Å². The van der Waals surface area contributed by atoms with Gasteiger partial charge in [-0.25, -0.2) is 0 Å². The van der Waals surface area contributed by atoms with E-state index in [2.05, 4.69) is 20.8 Å². The van der Waals surface area contributed by atoms with Crippen molar-refractivity contribution in [3.63, 3.8) is 0 Å². The third-order valence-electron chi connectivity index (χ3n) is 3.15. The third-order valence-corrected chi connectivity index (χ3v) is 3.15. The molecule has 0 radical (unpaired) electrons. The van der Waals surface area contributed by atoms with Gasteiger partial charge in [-0.1, -0.05) is 26.8 Å². The Morgan fingerprint density at radius 3 is 2.56 bits per heavy atom. The summed E-state index contributed by atoms with van der Waals surface area (Å²) in [6.07, 6.45) is 0.966. The lowest BCUT2D eigenvalue weighted by atomic mass is 9.81. The van der Waals surface area contributed by atoms with Gasteiger partial charge in [0.1, 0.15) is 5.75 Å². The van der Waals surface area contributed by atoms with E-state index >= 15 is 0 Å². The molecule has 1 aromatic rings. The number of hydrogen-bond donors (Lipinski definition) is 2. The summed E-state index contributed by atoms with van der Waals surface area (Å²) in [5.41, 5.74) is 6.67. The van der Waals surface area contributed by atoms with Crippen LogP contribution in [0.3, 0.4) is 0 Å². The van der Waals surface area contributed by atoms with Gasteiger partial charge >= 0.3 is 0 Å². The number of carbonyl (C=O) groups excluding carboxylic acids is 1. The van der Waals surface area contributed by atoms with E-state index in [4.69, 9.17) is 5.73 Å². The second-order valence-corrected chi connectivity index (χ2v) is 4.60. The van der Waals surface area contributed by atoms with Gasteiger partial charge in [-0.15, -0.1) is 0 Å². The number of hydrogen-bond acceptors (Lipinski definition) is 3. The van der Waals surface area contributed by atoms with Crippen molar-refractivity contribution < 1.29 is 9.90 Å². The zero-order chi connectivity index (χ0) is 12.3. The Morgan fingerprint density at radius 1 is 1.44 bits per heavy atom. The van der Waals surface area contributed by atoms with E-state index in [0.29, 0.717) is 5.56 Å². The number of ketones is 1. The molecule has 0 aliphatic rings. The van der Waals surface area contributed by atoms with Crippen LogP contribution in [-0.2, 0) is 5.41 Å². The first-order valence-electron chi connectivity index (χ1n) is 5.49. The van der Waals surface area contributed by atoms with Gasteiger partial charge in [-0.05, 0) is 29.5 Å². The van der Waals surface area contributed by atoms with E-state index in [1.165, 1.54) is 0 Å². The molecule has 88 valence electrons. The van der Waals surface area contributed by atoms with E-state index < -0.39 is 0 Å². The Kier molecular flexibility index (Phi) is 3.70. The monoisotopic (exact) mass is 221 g/mol. The second kappa shape index (κ2) is 4.66. The van der Waals surface area contributed by atoms with Crippen molar-refractivity contribution in [2.45, 2.75) is 32.6 Å². The van der Waals surface area contributed by atoms with Gasteiger partial charge in [0, 0.05) is 0 Å². The number of phenolic OH excluding ortho intramolecular Hbond substituents is 1. The zero-order valence-electron chi connectivity index (χ0n) is 10.1. The van der Waals surface area contributed by atoms with Crippen molar-refractivity contribution in [1.82, 2.24) is 0 Å². The molecule has 1 rings (SSSR count). The lowest BCUT2D eigenvalue weighted by Crippen LogP contribution is -2.18. The highest BCUT2D eigenvalue weighted by Crippen LogP contribution is 2.30. The van der Waals surface area contributed by atoms with Crippen LogP contribution in [0.5, 0.6) is 5.75 Å². The Balaban J connectivity index is 3.22. The van der Waals surface area contributed by atoms with E-state index in [1.54, 1.807) is 12.1 Å². The average Bonchev–Trinajstić information content (AvgIpc) is 2.28. The number of rotatable bonds is 4. The Morgan fingerprint density at radius 2 is 2.06 bits per heavy atom. The van der Waals surface area contributed by atoms with E-state index in [9.17, 15) is 9.90 Å². The first kappa shape index (κ1) is 12.7. The van der Waals surface area contributed by atoms with Crippen LogP contribution in [0.25, 0.3) is 0 Å². The maximum atomic E-state index is 11.5. The summed E-state index contributed by atoms with van der Waals surface area (Å²) in [5.74, 6) is -0.225. The van der Waals surface area contributed by atoms with Crippen LogP contribution in [0.15, 0.2) is 18.2 Å². The summed E-state index contributed by atoms with van der Waals surface area (Å²) in [6, 6.07) is 5.16. The minimum Gasteiger partial charge on any atom is -0.507 e. The van der Waals surface area contributed by atoms with Gasteiger partial charge in [0.25, 0.3) is 0 Å². The predicted octanol–water partition coefficient (Wildman–Crippen LogP) is 2.22. The van der Waals surface area contributed by atoms with Crippen LogP contribution in [0, 0.1) is 0 Å². The molecular weight excluding hydrogens is 202 g/mol. The molecule has 1 aromatic carbocycles. The summed E-state index contributed by atoms with van der Waals surface area (Å²) < 4.78 is 0. The third kappa shape index (κ3) is 2.42. The largest absolute Gasteiger partial charge is 0.507 e. The highest BCUT2D eigenvalue weighted by Gasteiger charge is 2.20. The smallest absolute Gasteiger partial charge is 0.180 e. The molecule has 3 heteroatoms. The number of phenols is 1. The summed E-state index contributed by atoms with van der Waals surface area (Å²) in [4.78, 5) is 11.5. The van der Waals surface area contributed by atoms with Crippen LogP contribution < -0.4 is 5.73 Å². The molecule has 0 bridgehead atoms. The lowest BCUT2D eigenvalue weighted by Gasteiger charge is -2.24. The summed E-state index contributed by atoms with van der Waals surface area (Å²) in [5, 5.41) is 9.60. The van der Waals surface area contributed by atoms with Crippen LogP contribution in [-0.4, -0.2) is 17.4 Å². The highest BCUT2D eigenvalue weighted by molar-refractivity contribution is 6.00. The fourth-order valence-corrected chi connectivity index (χ4v) is 1.49. The minimum absolute atomic E-state index is 0.00265.